The van der Waals surface area contributed by atoms with Gasteiger partial charge in [-0.1, -0.05) is 25.0 Å². The van der Waals surface area contributed by atoms with Crippen LogP contribution in [0.2, 0.25) is 0 Å². The first-order valence-electron chi connectivity index (χ1n) is 10.3. The summed E-state index contributed by atoms with van der Waals surface area (Å²) in [5, 5.41) is 0. The zero-order chi connectivity index (χ0) is 20.7. The topological polar surface area (TPSA) is 57.7 Å². The molecule has 29 heavy (non-hydrogen) atoms. The third kappa shape index (κ3) is 3.24. The van der Waals surface area contributed by atoms with Crippen molar-refractivity contribution in [3.8, 4) is 0 Å². The fourth-order valence-electron chi connectivity index (χ4n) is 4.50. The van der Waals surface area contributed by atoms with Gasteiger partial charge in [0.2, 0.25) is 0 Å². The third-order valence-electron chi connectivity index (χ3n) is 6.11. The van der Waals surface area contributed by atoms with Gasteiger partial charge in [0, 0.05) is 18.2 Å². The van der Waals surface area contributed by atoms with Crippen molar-refractivity contribution < 1.29 is 14.4 Å². The molecule has 0 saturated heterocycles. The zero-order valence-corrected chi connectivity index (χ0v) is 17.2. The normalized spacial score (nSPS) is 16.4. The molecule has 2 aromatic rings. The van der Waals surface area contributed by atoms with E-state index < -0.39 is 0 Å². The van der Waals surface area contributed by atoms with E-state index in [1.165, 1.54) is 4.90 Å². The molecule has 1 saturated carbocycles. The van der Waals surface area contributed by atoms with E-state index in [1.807, 2.05) is 43.9 Å². The van der Waals surface area contributed by atoms with E-state index in [2.05, 4.69) is 0 Å². The fraction of sp³-hybridized carbons (Fsp3) is 0.375. The summed E-state index contributed by atoms with van der Waals surface area (Å²) in [5.74, 6) is -0.759. The number of hydrogen-bond donors (Lipinski definition) is 0. The van der Waals surface area contributed by atoms with Gasteiger partial charge in [-0.25, -0.2) is 4.90 Å². The first-order valence-corrected chi connectivity index (χ1v) is 10.3. The predicted octanol–water partition coefficient (Wildman–Crippen LogP) is 4.51. The lowest BCUT2D eigenvalue weighted by atomic mass is 10.0. The Morgan fingerprint density at radius 3 is 2.38 bits per heavy atom. The quantitative estimate of drug-likeness (QED) is 0.722. The van der Waals surface area contributed by atoms with Gasteiger partial charge in [0.15, 0.2) is 0 Å². The predicted molar refractivity (Wildman–Crippen MR) is 112 cm³/mol. The number of rotatable bonds is 4. The Morgan fingerprint density at radius 2 is 1.69 bits per heavy atom. The van der Waals surface area contributed by atoms with Crippen LogP contribution in [0.3, 0.4) is 0 Å². The first-order chi connectivity index (χ1) is 13.9. The number of carbonyl (C=O) groups excluding carboxylic acids is 3. The van der Waals surface area contributed by atoms with Crippen LogP contribution >= 0.6 is 0 Å². The van der Waals surface area contributed by atoms with E-state index in [0.29, 0.717) is 28.9 Å². The molecule has 3 amide bonds. The average Bonchev–Trinajstić information content (AvgIpc) is 3.32. The van der Waals surface area contributed by atoms with Crippen LogP contribution in [0.15, 0.2) is 36.4 Å². The standard InChI is InChI=1S/C24H26N2O3/c1-4-25(18-7-5-6-8-18)22(27)17-11-12-19-20(14-17)24(29)26(23(19)28)21-13-15(2)9-10-16(21)3/h9-14,18H,4-8H2,1-3H3. The molecule has 1 heterocycles. The number of imide groups is 1. The van der Waals surface area contributed by atoms with Crippen molar-refractivity contribution in [2.45, 2.75) is 52.5 Å². The highest BCUT2D eigenvalue weighted by Crippen LogP contribution is 2.32. The Hall–Kier alpha value is -2.95. The molecule has 0 bridgehead atoms. The summed E-state index contributed by atoms with van der Waals surface area (Å²) in [7, 11) is 0. The molecule has 0 spiro atoms. The minimum absolute atomic E-state index is 0.0624. The second-order valence-electron chi connectivity index (χ2n) is 8.03. The first kappa shape index (κ1) is 19.4. The van der Waals surface area contributed by atoms with E-state index in [4.69, 9.17) is 0 Å². The lowest BCUT2D eigenvalue weighted by Gasteiger charge is -2.27. The summed E-state index contributed by atoms with van der Waals surface area (Å²) < 4.78 is 0. The summed E-state index contributed by atoms with van der Waals surface area (Å²) in [4.78, 5) is 42.3. The van der Waals surface area contributed by atoms with Gasteiger partial charge >= 0.3 is 0 Å². The second kappa shape index (κ2) is 7.47. The monoisotopic (exact) mass is 390 g/mol. The third-order valence-corrected chi connectivity index (χ3v) is 6.11. The van der Waals surface area contributed by atoms with Crippen molar-refractivity contribution in [3.05, 3.63) is 64.2 Å². The Balaban J connectivity index is 1.68. The maximum absolute atomic E-state index is 13.1. The van der Waals surface area contributed by atoms with Gasteiger partial charge in [-0.05, 0) is 69.0 Å². The van der Waals surface area contributed by atoms with E-state index in [-0.39, 0.29) is 23.8 Å². The number of hydrogen-bond acceptors (Lipinski definition) is 3. The molecular formula is C24H26N2O3. The molecule has 2 aromatic carbocycles. The lowest BCUT2D eigenvalue weighted by Crippen LogP contribution is -2.38. The number of carbonyl (C=O) groups is 3. The molecule has 5 nitrogen and oxygen atoms in total. The van der Waals surface area contributed by atoms with Gasteiger partial charge in [-0.2, -0.15) is 0 Å². The summed E-state index contributed by atoms with van der Waals surface area (Å²) in [5.41, 5.74) is 3.58. The maximum atomic E-state index is 13.1. The Morgan fingerprint density at radius 1 is 1.00 bits per heavy atom. The molecule has 150 valence electrons. The molecule has 1 aliphatic carbocycles. The smallest absolute Gasteiger partial charge is 0.266 e. The minimum atomic E-state index is -0.364. The Bertz CT molecular complexity index is 1010. The van der Waals surface area contributed by atoms with Crippen LogP contribution in [0, 0.1) is 13.8 Å². The van der Waals surface area contributed by atoms with Crippen LogP contribution in [-0.4, -0.2) is 35.2 Å². The second-order valence-corrected chi connectivity index (χ2v) is 8.03. The Labute approximate surface area is 171 Å². The molecule has 0 aromatic heterocycles. The van der Waals surface area contributed by atoms with Crippen molar-refractivity contribution in [3.63, 3.8) is 0 Å². The minimum Gasteiger partial charge on any atom is -0.336 e. The molecule has 5 heteroatoms. The van der Waals surface area contributed by atoms with Crippen molar-refractivity contribution in [2.75, 3.05) is 11.4 Å². The number of amides is 3. The van der Waals surface area contributed by atoms with E-state index in [1.54, 1.807) is 18.2 Å². The van der Waals surface area contributed by atoms with Gasteiger partial charge in [-0.15, -0.1) is 0 Å². The molecule has 0 radical (unpaired) electrons. The van der Waals surface area contributed by atoms with Gasteiger partial charge < -0.3 is 4.90 Å². The molecule has 2 aliphatic rings. The molecule has 0 atom stereocenters. The largest absolute Gasteiger partial charge is 0.336 e. The molecule has 1 aliphatic heterocycles. The van der Waals surface area contributed by atoms with Crippen molar-refractivity contribution in [2.24, 2.45) is 0 Å². The number of benzene rings is 2. The summed E-state index contributed by atoms with van der Waals surface area (Å²) in [6.45, 7) is 6.44. The van der Waals surface area contributed by atoms with Crippen LogP contribution in [-0.2, 0) is 0 Å². The maximum Gasteiger partial charge on any atom is 0.266 e. The Kier molecular flexibility index (Phi) is 4.99. The van der Waals surface area contributed by atoms with Crippen molar-refractivity contribution in [1.29, 1.82) is 0 Å². The summed E-state index contributed by atoms with van der Waals surface area (Å²) in [6, 6.07) is 10.9. The summed E-state index contributed by atoms with van der Waals surface area (Å²) in [6.07, 6.45) is 4.36. The van der Waals surface area contributed by atoms with Gasteiger partial charge in [0.05, 0.1) is 16.8 Å². The van der Waals surface area contributed by atoms with E-state index >= 15 is 0 Å². The SMILES string of the molecule is CCN(C(=O)c1ccc2c(c1)C(=O)N(c1cc(C)ccc1C)C2=O)C1CCCC1. The average molecular weight is 390 g/mol. The van der Waals surface area contributed by atoms with E-state index in [9.17, 15) is 14.4 Å². The highest BCUT2D eigenvalue weighted by molar-refractivity contribution is 6.35. The molecule has 1 fully saturated rings. The fourth-order valence-corrected chi connectivity index (χ4v) is 4.50. The number of anilines is 1. The van der Waals surface area contributed by atoms with Crippen molar-refractivity contribution >= 4 is 23.4 Å². The van der Waals surface area contributed by atoms with E-state index in [0.717, 1.165) is 36.8 Å². The van der Waals surface area contributed by atoms with Gasteiger partial charge in [0.25, 0.3) is 17.7 Å². The molecular weight excluding hydrogens is 364 g/mol. The number of fused-ring (bicyclic) bond motifs is 1. The van der Waals surface area contributed by atoms with Crippen LogP contribution in [0.4, 0.5) is 5.69 Å². The van der Waals surface area contributed by atoms with Crippen LogP contribution in [0.1, 0.15) is 74.8 Å². The molecule has 0 unspecified atom stereocenters. The summed E-state index contributed by atoms with van der Waals surface area (Å²) >= 11 is 0. The van der Waals surface area contributed by atoms with Crippen LogP contribution in [0.5, 0.6) is 0 Å². The highest BCUT2D eigenvalue weighted by Gasteiger charge is 2.38. The van der Waals surface area contributed by atoms with Crippen LogP contribution in [0.25, 0.3) is 0 Å². The number of nitrogens with zero attached hydrogens (tertiary/aromatic N) is 2. The van der Waals surface area contributed by atoms with Gasteiger partial charge in [0.1, 0.15) is 0 Å². The zero-order valence-electron chi connectivity index (χ0n) is 17.2. The molecule has 4 rings (SSSR count). The lowest BCUT2D eigenvalue weighted by molar-refractivity contribution is 0.0693. The highest BCUT2D eigenvalue weighted by atomic mass is 16.2. The number of aryl methyl sites for hydroxylation is 2. The van der Waals surface area contributed by atoms with Crippen LogP contribution < -0.4 is 4.90 Å². The van der Waals surface area contributed by atoms with Gasteiger partial charge in [-0.3, -0.25) is 14.4 Å². The van der Waals surface area contributed by atoms with Crippen molar-refractivity contribution in [1.82, 2.24) is 4.90 Å². The molecule has 0 N–H and O–H groups in total.